The van der Waals surface area contributed by atoms with Gasteiger partial charge in [0.1, 0.15) is 17.1 Å². The van der Waals surface area contributed by atoms with Gasteiger partial charge in [-0.1, -0.05) is 0 Å². The maximum atomic E-state index is 12.3. The van der Waals surface area contributed by atoms with Gasteiger partial charge in [0.2, 0.25) is 0 Å². The molecular weight excluding hydrogens is 368 g/mol. The molecule has 1 aliphatic carbocycles. The molecule has 2 aliphatic rings. The minimum absolute atomic E-state index is 0.191. The molecule has 8 nitrogen and oxygen atoms in total. The van der Waals surface area contributed by atoms with Crippen molar-refractivity contribution in [3.63, 3.8) is 0 Å². The highest BCUT2D eigenvalue weighted by molar-refractivity contribution is 5.68. The number of nitrogens with zero attached hydrogens (tertiary/aromatic N) is 5. The molecule has 1 saturated heterocycles. The van der Waals surface area contributed by atoms with Gasteiger partial charge in [-0.25, -0.2) is 4.79 Å². The van der Waals surface area contributed by atoms with Gasteiger partial charge in [0.25, 0.3) is 0 Å². The van der Waals surface area contributed by atoms with Crippen LogP contribution < -0.4 is 5.32 Å². The fourth-order valence-corrected chi connectivity index (χ4v) is 4.55. The Labute approximate surface area is 171 Å². The molecule has 29 heavy (non-hydrogen) atoms. The van der Waals surface area contributed by atoms with Crippen LogP contribution in [0.3, 0.4) is 0 Å². The molecule has 8 heteroatoms. The summed E-state index contributed by atoms with van der Waals surface area (Å²) < 4.78 is 7.34. The van der Waals surface area contributed by atoms with Crippen LogP contribution in [-0.2, 0) is 11.8 Å². The SMILES string of the molecule is Cc1cnn(C)c1-c1ccc(NC2C[C@@H]3CN(C(=O)OC(C)(C)C)C[C@@H]3C2)nn1. The molecule has 2 aromatic heterocycles. The number of ether oxygens (including phenoxy) is 1. The summed E-state index contributed by atoms with van der Waals surface area (Å²) in [5.41, 5.74) is 2.45. The van der Waals surface area contributed by atoms with E-state index < -0.39 is 5.60 Å². The Hall–Kier alpha value is -2.64. The fourth-order valence-electron chi connectivity index (χ4n) is 4.55. The number of aryl methyl sites for hydroxylation is 2. The number of aromatic nitrogens is 4. The third-order valence-corrected chi connectivity index (χ3v) is 5.78. The van der Waals surface area contributed by atoms with Gasteiger partial charge in [-0.05, 0) is 70.1 Å². The quantitative estimate of drug-likeness (QED) is 0.854. The molecule has 2 aromatic rings. The lowest BCUT2D eigenvalue weighted by Crippen LogP contribution is -2.36. The Bertz CT molecular complexity index is 852. The minimum Gasteiger partial charge on any atom is -0.444 e. The number of nitrogens with one attached hydrogen (secondary N) is 1. The highest BCUT2D eigenvalue weighted by Gasteiger charge is 2.43. The summed E-state index contributed by atoms with van der Waals surface area (Å²) in [7, 11) is 1.91. The highest BCUT2D eigenvalue weighted by atomic mass is 16.6. The van der Waals surface area contributed by atoms with Gasteiger partial charge in [-0.3, -0.25) is 4.68 Å². The van der Waals surface area contributed by atoms with Gasteiger partial charge >= 0.3 is 6.09 Å². The van der Waals surface area contributed by atoms with Crippen molar-refractivity contribution in [1.29, 1.82) is 0 Å². The second-order valence-electron chi connectivity index (χ2n) is 9.32. The van der Waals surface area contributed by atoms with Crippen molar-refractivity contribution in [2.45, 2.75) is 52.2 Å². The number of carbonyl (C=O) groups is 1. The first kappa shape index (κ1) is 19.7. The number of carbonyl (C=O) groups excluding carboxylic acids is 1. The Kier molecular flexibility index (Phi) is 4.96. The van der Waals surface area contributed by atoms with E-state index in [9.17, 15) is 4.79 Å². The Balaban J connectivity index is 1.32. The maximum Gasteiger partial charge on any atom is 0.410 e. The zero-order chi connectivity index (χ0) is 20.8. The lowest BCUT2D eigenvalue weighted by molar-refractivity contribution is 0.0280. The van der Waals surface area contributed by atoms with Crippen LogP contribution in [0.5, 0.6) is 0 Å². The first-order valence-corrected chi connectivity index (χ1v) is 10.3. The van der Waals surface area contributed by atoms with Crippen molar-refractivity contribution in [3.8, 4) is 11.4 Å². The number of amides is 1. The largest absolute Gasteiger partial charge is 0.444 e. The van der Waals surface area contributed by atoms with E-state index in [4.69, 9.17) is 4.74 Å². The summed E-state index contributed by atoms with van der Waals surface area (Å²) in [4.78, 5) is 14.2. The standard InChI is InChI=1S/C21H30N6O2/c1-13-10-22-26(5)19(13)17-6-7-18(25-24-17)23-16-8-14-11-27(12-15(14)9-16)20(28)29-21(2,3)4/h6-7,10,14-16H,8-9,11-12H2,1-5H3,(H,23,25)/t14-,15+,16?. The molecule has 3 heterocycles. The normalized spacial score (nSPS) is 23.9. The third kappa shape index (κ3) is 4.21. The second-order valence-corrected chi connectivity index (χ2v) is 9.32. The summed E-state index contributed by atoms with van der Waals surface area (Å²) in [5.74, 6) is 1.83. The molecule has 0 spiro atoms. The van der Waals surface area contributed by atoms with Gasteiger partial charge in [0.05, 0.1) is 11.9 Å². The van der Waals surface area contributed by atoms with Crippen molar-refractivity contribution in [1.82, 2.24) is 24.9 Å². The molecule has 1 aliphatic heterocycles. The van der Waals surface area contributed by atoms with Crippen LogP contribution in [0.15, 0.2) is 18.3 Å². The topological polar surface area (TPSA) is 85.2 Å². The van der Waals surface area contributed by atoms with Crippen LogP contribution in [0.25, 0.3) is 11.4 Å². The van der Waals surface area contributed by atoms with Crippen LogP contribution >= 0.6 is 0 Å². The van der Waals surface area contributed by atoms with E-state index in [0.29, 0.717) is 17.9 Å². The minimum atomic E-state index is -0.447. The van der Waals surface area contributed by atoms with E-state index in [1.54, 1.807) is 0 Å². The van der Waals surface area contributed by atoms with Crippen molar-refractivity contribution in [2.24, 2.45) is 18.9 Å². The summed E-state index contributed by atoms with van der Waals surface area (Å²) in [5, 5.41) is 16.5. The van der Waals surface area contributed by atoms with Crippen molar-refractivity contribution in [2.75, 3.05) is 18.4 Å². The van der Waals surface area contributed by atoms with Crippen LogP contribution in [0.2, 0.25) is 0 Å². The second kappa shape index (κ2) is 7.31. The van der Waals surface area contributed by atoms with Gasteiger partial charge in [0.15, 0.2) is 0 Å². The summed E-state index contributed by atoms with van der Waals surface area (Å²) in [6, 6.07) is 4.33. The summed E-state index contributed by atoms with van der Waals surface area (Å²) in [6.45, 7) is 9.30. The molecule has 1 amide bonds. The molecular formula is C21H30N6O2. The van der Waals surface area contributed by atoms with Crippen molar-refractivity contribution < 1.29 is 9.53 Å². The Morgan fingerprint density at radius 1 is 1.17 bits per heavy atom. The molecule has 3 atom stereocenters. The lowest BCUT2D eigenvalue weighted by atomic mass is 10.0. The number of rotatable bonds is 3. The maximum absolute atomic E-state index is 12.3. The first-order chi connectivity index (χ1) is 13.7. The molecule has 0 aromatic carbocycles. The molecule has 2 fully saturated rings. The predicted molar refractivity (Wildman–Crippen MR) is 110 cm³/mol. The van der Waals surface area contributed by atoms with Crippen LogP contribution in [0.4, 0.5) is 10.6 Å². The van der Waals surface area contributed by atoms with Crippen molar-refractivity contribution in [3.05, 3.63) is 23.9 Å². The fraction of sp³-hybridized carbons (Fsp3) is 0.619. The lowest BCUT2D eigenvalue weighted by Gasteiger charge is -2.25. The van der Waals surface area contributed by atoms with E-state index in [1.807, 2.05) is 62.7 Å². The third-order valence-electron chi connectivity index (χ3n) is 5.78. The van der Waals surface area contributed by atoms with Crippen LogP contribution in [-0.4, -0.2) is 55.7 Å². The van der Waals surface area contributed by atoms with Crippen molar-refractivity contribution >= 4 is 11.9 Å². The van der Waals surface area contributed by atoms with Gasteiger partial charge in [0, 0.05) is 26.2 Å². The molecule has 0 bridgehead atoms. The Morgan fingerprint density at radius 2 is 1.86 bits per heavy atom. The zero-order valence-electron chi connectivity index (χ0n) is 17.8. The molecule has 4 rings (SSSR count). The first-order valence-electron chi connectivity index (χ1n) is 10.3. The van der Waals surface area contributed by atoms with E-state index in [0.717, 1.165) is 48.7 Å². The smallest absolute Gasteiger partial charge is 0.410 e. The molecule has 156 valence electrons. The summed E-state index contributed by atoms with van der Waals surface area (Å²) in [6.07, 6.45) is 3.71. The molecule has 1 unspecified atom stereocenters. The predicted octanol–water partition coefficient (Wildman–Crippen LogP) is 3.24. The van der Waals surface area contributed by atoms with E-state index in [2.05, 4.69) is 20.6 Å². The van der Waals surface area contributed by atoms with Crippen LogP contribution in [0.1, 0.15) is 39.2 Å². The number of hydrogen-bond acceptors (Lipinski definition) is 6. The highest BCUT2D eigenvalue weighted by Crippen LogP contribution is 2.39. The van der Waals surface area contributed by atoms with E-state index >= 15 is 0 Å². The zero-order valence-corrected chi connectivity index (χ0v) is 17.8. The molecule has 0 radical (unpaired) electrons. The number of hydrogen-bond donors (Lipinski definition) is 1. The van der Waals surface area contributed by atoms with Gasteiger partial charge < -0.3 is 15.0 Å². The Morgan fingerprint density at radius 3 is 2.38 bits per heavy atom. The van der Waals surface area contributed by atoms with Crippen LogP contribution in [0, 0.1) is 18.8 Å². The average molecular weight is 399 g/mol. The van der Waals surface area contributed by atoms with E-state index in [1.165, 1.54) is 0 Å². The average Bonchev–Trinajstić information content (AvgIpc) is 3.28. The summed E-state index contributed by atoms with van der Waals surface area (Å²) >= 11 is 0. The molecule has 1 N–H and O–H groups in total. The number of likely N-dealkylation sites (tertiary alicyclic amines) is 1. The number of fused-ring (bicyclic) bond motifs is 1. The van der Waals surface area contributed by atoms with E-state index in [-0.39, 0.29) is 6.09 Å². The molecule has 1 saturated carbocycles. The monoisotopic (exact) mass is 398 g/mol. The number of anilines is 1. The van der Waals surface area contributed by atoms with Gasteiger partial charge in [-0.2, -0.15) is 5.10 Å². The van der Waals surface area contributed by atoms with Gasteiger partial charge in [-0.15, -0.1) is 10.2 Å².